The molecule has 0 unspecified atom stereocenters. The number of ether oxygens (including phenoxy) is 1. The van der Waals surface area contributed by atoms with Gasteiger partial charge in [0.15, 0.2) is 0 Å². The fraction of sp³-hybridized carbons (Fsp3) is 0.381. The Morgan fingerprint density at radius 2 is 1.78 bits per heavy atom. The highest BCUT2D eigenvalue weighted by molar-refractivity contribution is 5.88. The lowest BCUT2D eigenvalue weighted by molar-refractivity contribution is -0.130. The van der Waals surface area contributed by atoms with Crippen LogP contribution < -0.4 is 10.6 Å². The SMILES string of the molecule is Cl.O=C(NCc1ccc2c(c1)CNC2)C1(c2ccc(F)cc2)CCOCC1. The summed E-state index contributed by atoms with van der Waals surface area (Å²) in [6, 6.07) is 12.6. The number of amides is 1. The normalized spacial score (nSPS) is 17.7. The van der Waals surface area contributed by atoms with Crippen molar-refractivity contribution in [1.29, 1.82) is 0 Å². The van der Waals surface area contributed by atoms with E-state index in [1.54, 1.807) is 12.1 Å². The highest BCUT2D eigenvalue weighted by Gasteiger charge is 2.41. The number of carbonyl (C=O) groups excluding carboxylic acids is 1. The maximum absolute atomic E-state index is 13.3. The summed E-state index contributed by atoms with van der Waals surface area (Å²) in [5, 5.41) is 6.44. The number of benzene rings is 2. The van der Waals surface area contributed by atoms with E-state index in [9.17, 15) is 9.18 Å². The van der Waals surface area contributed by atoms with E-state index in [0.29, 0.717) is 32.6 Å². The molecule has 2 aliphatic heterocycles. The van der Waals surface area contributed by atoms with Gasteiger partial charge in [-0.05, 0) is 47.2 Å². The van der Waals surface area contributed by atoms with E-state index in [-0.39, 0.29) is 24.1 Å². The summed E-state index contributed by atoms with van der Waals surface area (Å²) in [5.41, 5.74) is 3.94. The van der Waals surface area contributed by atoms with Gasteiger partial charge in [0.1, 0.15) is 5.82 Å². The third-order valence-corrected chi connectivity index (χ3v) is 5.53. The van der Waals surface area contributed by atoms with E-state index in [1.807, 2.05) is 0 Å². The van der Waals surface area contributed by atoms with Gasteiger partial charge in [0, 0.05) is 32.8 Å². The summed E-state index contributed by atoms with van der Waals surface area (Å²) in [6.07, 6.45) is 1.22. The Kier molecular flexibility index (Phi) is 6.15. The minimum atomic E-state index is -0.649. The average molecular weight is 391 g/mol. The topological polar surface area (TPSA) is 50.4 Å². The summed E-state index contributed by atoms with van der Waals surface area (Å²) < 4.78 is 18.8. The summed E-state index contributed by atoms with van der Waals surface area (Å²) in [6.45, 7) is 3.37. The lowest BCUT2D eigenvalue weighted by Gasteiger charge is -2.36. The van der Waals surface area contributed by atoms with Crippen molar-refractivity contribution in [2.24, 2.45) is 0 Å². The first-order valence-electron chi connectivity index (χ1n) is 9.11. The molecule has 0 bridgehead atoms. The molecule has 2 heterocycles. The lowest BCUT2D eigenvalue weighted by Crippen LogP contribution is -2.47. The van der Waals surface area contributed by atoms with Gasteiger partial charge in [-0.3, -0.25) is 4.79 Å². The standard InChI is InChI=1S/C21H23FN2O2.ClH/c22-19-5-3-18(4-6-19)21(7-9-26-10-8-21)20(25)24-12-15-1-2-16-13-23-14-17(16)11-15;/h1-6,11,23H,7-10,12-14H2,(H,24,25);1H. The largest absolute Gasteiger partial charge is 0.381 e. The summed E-state index contributed by atoms with van der Waals surface area (Å²) in [7, 11) is 0. The van der Waals surface area contributed by atoms with E-state index in [0.717, 1.165) is 24.2 Å². The van der Waals surface area contributed by atoms with Gasteiger partial charge in [-0.1, -0.05) is 30.3 Å². The molecule has 144 valence electrons. The van der Waals surface area contributed by atoms with Crippen molar-refractivity contribution in [2.45, 2.75) is 37.9 Å². The van der Waals surface area contributed by atoms with Crippen molar-refractivity contribution in [3.05, 3.63) is 70.5 Å². The molecule has 2 aromatic rings. The zero-order valence-corrected chi connectivity index (χ0v) is 15.9. The van der Waals surface area contributed by atoms with Crippen LogP contribution in [-0.4, -0.2) is 19.1 Å². The van der Waals surface area contributed by atoms with Gasteiger partial charge in [0.2, 0.25) is 5.91 Å². The van der Waals surface area contributed by atoms with E-state index >= 15 is 0 Å². The second-order valence-electron chi connectivity index (χ2n) is 7.09. The van der Waals surface area contributed by atoms with Crippen LogP contribution in [0.5, 0.6) is 0 Å². The number of halogens is 2. The zero-order chi connectivity index (χ0) is 18.0. The van der Waals surface area contributed by atoms with Crippen LogP contribution in [0.2, 0.25) is 0 Å². The first-order valence-corrected chi connectivity index (χ1v) is 9.11. The highest BCUT2D eigenvalue weighted by Crippen LogP contribution is 2.35. The first kappa shape index (κ1) is 19.8. The molecule has 4 rings (SSSR count). The molecule has 1 amide bonds. The Morgan fingerprint density at radius 3 is 2.52 bits per heavy atom. The Morgan fingerprint density at radius 1 is 1.07 bits per heavy atom. The molecule has 27 heavy (non-hydrogen) atoms. The Hall–Kier alpha value is -1.95. The van der Waals surface area contributed by atoms with E-state index in [2.05, 4.69) is 28.8 Å². The van der Waals surface area contributed by atoms with Crippen LogP contribution in [-0.2, 0) is 34.6 Å². The van der Waals surface area contributed by atoms with Gasteiger partial charge in [-0.2, -0.15) is 0 Å². The second-order valence-corrected chi connectivity index (χ2v) is 7.09. The molecule has 6 heteroatoms. The van der Waals surface area contributed by atoms with Gasteiger partial charge in [-0.15, -0.1) is 12.4 Å². The molecule has 4 nitrogen and oxygen atoms in total. The molecule has 0 aliphatic carbocycles. The Labute approximate surface area is 164 Å². The molecule has 0 spiro atoms. The van der Waals surface area contributed by atoms with E-state index < -0.39 is 5.41 Å². The second kappa shape index (κ2) is 8.38. The van der Waals surface area contributed by atoms with Crippen molar-refractivity contribution < 1.29 is 13.9 Å². The van der Waals surface area contributed by atoms with Gasteiger partial charge in [-0.25, -0.2) is 4.39 Å². The number of hydrogen-bond acceptors (Lipinski definition) is 3. The molecule has 2 aromatic carbocycles. The van der Waals surface area contributed by atoms with Gasteiger partial charge >= 0.3 is 0 Å². The number of carbonyl (C=O) groups is 1. The summed E-state index contributed by atoms with van der Waals surface area (Å²) in [5.74, 6) is -0.297. The maximum atomic E-state index is 13.3. The fourth-order valence-electron chi connectivity index (χ4n) is 3.95. The van der Waals surface area contributed by atoms with Crippen LogP contribution in [0, 0.1) is 5.82 Å². The molecule has 0 saturated carbocycles. The molecule has 0 radical (unpaired) electrons. The number of hydrogen-bond donors (Lipinski definition) is 2. The third kappa shape index (κ3) is 4.00. The van der Waals surface area contributed by atoms with Crippen molar-refractivity contribution in [3.8, 4) is 0 Å². The molecule has 1 saturated heterocycles. The van der Waals surface area contributed by atoms with Crippen LogP contribution in [0.4, 0.5) is 4.39 Å². The Bertz CT molecular complexity index is 804. The van der Waals surface area contributed by atoms with Crippen molar-refractivity contribution in [3.63, 3.8) is 0 Å². The van der Waals surface area contributed by atoms with Crippen LogP contribution in [0.25, 0.3) is 0 Å². The van der Waals surface area contributed by atoms with Gasteiger partial charge < -0.3 is 15.4 Å². The highest BCUT2D eigenvalue weighted by atomic mass is 35.5. The van der Waals surface area contributed by atoms with Crippen molar-refractivity contribution >= 4 is 18.3 Å². The van der Waals surface area contributed by atoms with Crippen molar-refractivity contribution in [2.75, 3.05) is 13.2 Å². The monoisotopic (exact) mass is 390 g/mol. The molecule has 0 atom stereocenters. The minimum absolute atomic E-state index is 0. The summed E-state index contributed by atoms with van der Waals surface area (Å²) in [4.78, 5) is 13.1. The first-order chi connectivity index (χ1) is 12.7. The Balaban J connectivity index is 0.00000210. The molecule has 1 fully saturated rings. The van der Waals surface area contributed by atoms with Crippen LogP contribution in [0.15, 0.2) is 42.5 Å². The molecule has 2 N–H and O–H groups in total. The number of fused-ring (bicyclic) bond motifs is 1. The summed E-state index contributed by atoms with van der Waals surface area (Å²) >= 11 is 0. The maximum Gasteiger partial charge on any atom is 0.231 e. The molecule has 2 aliphatic rings. The van der Waals surface area contributed by atoms with E-state index in [1.165, 1.54) is 23.3 Å². The predicted octanol–water partition coefficient (Wildman–Crippen LogP) is 3.22. The number of rotatable bonds is 4. The van der Waals surface area contributed by atoms with Gasteiger partial charge in [0.05, 0.1) is 5.41 Å². The smallest absolute Gasteiger partial charge is 0.231 e. The molecular formula is C21H24ClFN2O2. The predicted molar refractivity (Wildman–Crippen MR) is 104 cm³/mol. The van der Waals surface area contributed by atoms with Gasteiger partial charge in [0.25, 0.3) is 0 Å². The molecular weight excluding hydrogens is 367 g/mol. The van der Waals surface area contributed by atoms with Crippen LogP contribution >= 0.6 is 12.4 Å². The van der Waals surface area contributed by atoms with E-state index in [4.69, 9.17) is 4.74 Å². The lowest BCUT2D eigenvalue weighted by atomic mass is 9.73. The number of nitrogens with one attached hydrogen (secondary N) is 2. The average Bonchev–Trinajstić information content (AvgIpc) is 3.15. The minimum Gasteiger partial charge on any atom is -0.381 e. The molecule has 0 aromatic heterocycles. The quantitative estimate of drug-likeness (QED) is 0.842. The van der Waals surface area contributed by atoms with Crippen molar-refractivity contribution in [1.82, 2.24) is 10.6 Å². The zero-order valence-electron chi connectivity index (χ0n) is 15.1. The van der Waals surface area contributed by atoms with Crippen LogP contribution in [0.3, 0.4) is 0 Å². The third-order valence-electron chi connectivity index (χ3n) is 5.53. The fourth-order valence-corrected chi connectivity index (χ4v) is 3.95. The van der Waals surface area contributed by atoms with Crippen LogP contribution in [0.1, 0.15) is 35.1 Å².